The zero-order valence-electron chi connectivity index (χ0n) is 14.4. The van der Waals surface area contributed by atoms with E-state index >= 15 is 0 Å². The Hall–Kier alpha value is -2.17. The van der Waals surface area contributed by atoms with Crippen molar-refractivity contribution >= 4 is 29.1 Å². The van der Waals surface area contributed by atoms with E-state index in [9.17, 15) is 14.4 Å². The molecule has 1 aliphatic heterocycles. The normalized spacial score (nSPS) is 28.5. The second kappa shape index (κ2) is 6.62. The molecular formula is C20H24N2O3. The topological polar surface area (TPSA) is 66.5 Å². The lowest BCUT2D eigenvalue weighted by molar-refractivity contribution is -0.129. The van der Waals surface area contributed by atoms with Gasteiger partial charge < -0.3 is 5.32 Å². The van der Waals surface area contributed by atoms with Gasteiger partial charge in [0.2, 0.25) is 17.7 Å². The maximum atomic E-state index is 12.3. The molecule has 0 spiro atoms. The molecule has 5 nitrogen and oxygen atoms in total. The third kappa shape index (κ3) is 3.32. The molecule has 3 aliphatic rings. The van der Waals surface area contributed by atoms with E-state index in [1.165, 1.54) is 30.6 Å². The molecule has 0 radical (unpaired) electrons. The van der Waals surface area contributed by atoms with E-state index in [1.54, 1.807) is 24.3 Å². The van der Waals surface area contributed by atoms with Gasteiger partial charge in [-0.3, -0.25) is 19.3 Å². The number of nitrogens with one attached hydrogen (secondary N) is 1. The van der Waals surface area contributed by atoms with Crippen molar-refractivity contribution in [2.75, 3.05) is 10.2 Å². The van der Waals surface area contributed by atoms with Gasteiger partial charge in [-0.1, -0.05) is 6.42 Å². The number of carbonyl (C=O) groups is 3. The van der Waals surface area contributed by atoms with Crippen molar-refractivity contribution in [2.45, 2.75) is 51.4 Å². The first-order valence-corrected chi connectivity index (χ1v) is 9.36. The van der Waals surface area contributed by atoms with Crippen LogP contribution in [0.15, 0.2) is 24.3 Å². The minimum atomic E-state index is -0.149. The number of benzene rings is 1. The first-order valence-electron chi connectivity index (χ1n) is 9.36. The number of rotatable bonds is 4. The standard InChI is InChI=1S/C20H24N2O3/c23-18(12-15-11-13-4-5-14(15)10-13)21-16-6-8-17(9-7-16)22-19(24)2-1-3-20(22)25/h6-9,13-15H,1-5,10-12H2,(H,21,23)/t13-,14-,15-/m0/s1. The maximum absolute atomic E-state index is 12.3. The van der Waals surface area contributed by atoms with Crippen molar-refractivity contribution in [1.29, 1.82) is 0 Å². The van der Waals surface area contributed by atoms with Crippen molar-refractivity contribution in [3.05, 3.63) is 24.3 Å². The predicted molar refractivity (Wildman–Crippen MR) is 95.0 cm³/mol. The Morgan fingerprint density at radius 2 is 1.76 bits per heavy atom. The van der Waals surface area contributed by atoms with Gasteiger partial charge in [0, 0.05) is 24.9 Å². The van der Waals surface area contributed by atoms with Crippen molar-refractivity contribution in [1.82, 2.24) is 0 Å². The minimum Gasteiger partial charge on any atom is -0.326 e. The molecule has 1 aromatic rings. The van der Waals surface area contributed by atoms with Crippen LogP contribution in [0.2, 0.25) is 0 Å². The number of anilines is 2. The molecule has 1 heterocycles. The third-order valence-electron chi connectivity index (χ3n) is 6.02. The molecule has 2 bridgehead atoms. The lowest BCUT2D eigenvalue weighted by Crippen LogP contribution is -2.40. The highest BCUT2D eigenvalue weighted by atomic mass is 16.2. The Bertz CT molecular complexity index is 681. The van der Waals surface area contributed by atoms with Crippen molar-refractivity contribution < 1.29 is 14.4 Å². The highest BCUT2D eigenvalue weighted by Gasteiger charge is 2.40. The van der Waals surface area contributed by atoms with E-state index in [1.807, 2.05) is 0 Å². The molecule has 5 heteroatoms. The second-order valence-corrected chi connectivity index (χ2v) is 7.71. The average molecular weight is 340 g/mol. The molecule has 132 valence electrons. The van der Waals surface area contributed by atoms with Crippen LogP contribution in [0.1, 0.15) is 51.4 Å². The number of fused-ring (bicyclic) bond motifs is 2. The van der Waals surface area contributed by atoms with Gasteiger partial charge in [-0.25, -0.2) is 0 Å². The summed E-state index contributed by atoms with van der Waals surface area (Å²) in [5.74, 6) is 1.90. The highest BCUT2D eigenvalue weighted by molar-refractivity contribution is 6.16. The van der Waals surface area contributed by atoms with Gasteiger partial charge in [0.05, 0.1) is 5.69 Å². The summed E-state index contributed by atoms with van der Waals surface area (Å²) in [5.41, 5.74) is 1.30. The van der Waals surface area contributed by atoms with Crippen LogP contribution in [0.25, 0.3) is 0 Å². The Morgan fingerprint density at radius 3 is 2.36 bits per heavy atom. The fraction of sp³-hybridized carbons (Fsp3) is 0.550. The summed E-state index contributed by atoms with van der Waals surface area (Å²) in [7, 11) is 0. The predicted octanol–water partition coefficient (Wildman–Crippen LogP) is 3.49. The number of amides is 3. The van der Waals surface area contributed by atoms with Crippen molar-refractivity contribution in [2.24, 2.45) is 17.8 Å². The summed E-state index contributed by atoms with van der Waals surface area (Å²) in [5, 5.41) is 2.95. The Labute approximate surface area is 147 Å². The highest BCUT2D eigenvalue weighted by Crippen LogP contribution is 2.49. The fourth-order valence-corrected chi connectivity index (χ4v) is 4.81. The molecule has 2 saturated carbocycles. The van der Waals surface area contributed by atoms with Gasteiger partial charge in [0.15, 0.2) is 0 Å². The monoisotopic (exact) mass is 340 g/mol. The van der Waals surface area contributed by atoms with Crippen LogP contribution in [0.4, 0.5) is 11.4 Å². The van der Waals surface area contributed by atoms with Crippen LogP contribution in [-0.2, 0) is 14.4 Å². The average Bonchev–Trinajstić information content (AvgIpc) is 3.19. The number of nitrogens with zero attached hydrogens (tertiary/aromatic N) is 1. The summed E-state index contributed by atoms with van der Waals surface area (Å²) in [6.07, 6.45) is 7.20. The first-order chi connectivity index (χ1) is 12.1. The van der Waals surface area contributed by atoms with Crippen molar-refractivity contribution in [3.8, 4) is 0 Å². The molecule has 0 aromatic heterocycles. The van der Waals surface area contributed by atoms with E-state index in [2.05, 4.69) is 5.32 Å². The molecule has 3 atom stereocenters. The van der Waals surface area contributed by atoms with Gasteiger partial charge in [-0.15, -0.1) is 0 Å². The number of carbonyl (C=O) groups excluding carboxylic acids is 3. The lowest BCUT2D eigenvalue weighted by Gasteiger charge is -2.25. The molecule has 3 amide bonds. The molecule has 4 rings (SSSR count). The summed E-state index contributed by atoms with van der Waals surface area (Å²) in [6.45, 7) is 0. The summed E-state index contributed by atoms with van der Waals surface area (Å²) < 4.78 is 0. The molecular weight excluding hydrogens is 316 g/mol. The lowest BCUT2D eigenvalue weighted by atomic mass is 9.86. The van der Waals surface area contributed by atoms with Gasteiger partial charge in [0.1, 0.15) is 0 Å². The van der Waals surface area contributed by atoms with E-state index in [-0.39, 0.29) is 17.7 Å². The van der Waals surface area contributed by atoms with Crippen LogP contribution in [0.3, 0.4) is 0 Å². The molecule has 1 saturated heterocycles. The smallest absolute Gasteiger partial charge is 0.233 e. The van der Waals surface area contributed by atoms with E-state index in [0.717, 1.165) is 11.8 Å². The maximum Gasteiger partial charge on any atom is 0.233 e. The molecule has 3 fully saturated rings. The number of hydrogen-bond acceptors (Lipinski definition) is 3. The van der Waals surface area contributed by atoms with E-state index < -0.39 is 0 Å². The number of hydrogen-bond donors (Lipinski definition) is 1. The van der Waals surface area contributed by atoms with Gasteiger partial charge in [0.25, 0.3) is 0 Å². The number of piperidine rings is 1. The zero-order chi connectivity index (χ0) is 17.4. The Balaban J connectivity index is 1.36. The van der Waals surface area contributed by atoms with Crippen LogP contribution in [0, 0.1) is 17.8 Å². The fourth-order valence-electron chi connectivity index (χ4n) is 4.81. The molecule has 0 unspecified atom stereocenters. The molecule has 1 N–H and O–H groups in total. The first kappa shape index (κ1) is 16.3. The quantitative estimate of drug-likeness (QED) is 0.853. The summed E-state index contributed by atoms with van der Waals surface area (Å²) in [4.78, 5) is 37.5. The minimum absolute atomic E-state index is 0.0652. The largest absolute Gasteiger partial charge is 0.326 e. The zero-order valence-corrected chi connectivity index (χ0v) is 14.4. The van der Waals surface area contributed by atoms with Crippen LogP contribution < -0.4 is 10.2 Å². The van der Waals surface area contributed by atoms with Gasteiger partial charge in [-0.05, 0) is 67.7 Å². The third-order valence-corrected chi connectivity index (χ3v) is 6.02. The SMILES string of the molecule is O=C(C[C@@H]1C[C@H]2CC[C@H]1C2)Nc1ccc(N2C(=O)CCCC2=O)cc1. The molecule has 1 aromatic carbocycles. The summed E-state index contributed by atoms with van der Waals surface area (Å²) >= 11 is 0. The van der Waals surface area contributed by atoms with E-state index in [0.29, 0.717) is 43.0 Å². The second-order valence-electron chi connectivity index (χ2n) is 7.71. The van der Waals surface area contributed by atoms with Crippen LogP contribution in [0.5, 0.6) is 0 Å². The van der Waals surface area contributed by atoms with Crippen LogP contribution in [-0.4, -0.2) is 17.7 Å². The van der Waals surface area contributed by atoms with Crippen molar-refractivity contribution in [3.63, 3.8) is 0 Å². The van der Waals surface area contributed by atoms with Gasteiger partial charge in [-0.2, -0.15) is 0 Å². The molecule has 2 aliphatic carbocycles. The summed E-state index contributed by atoms with van der Waals surface area (Å²) in [6, 6.07) is 6.99. The number of imide groups is 1. The molecule has 25 heavy (non-hydrogen) atoms. The Kier molecular flexibility index (Phi) is 4.32. The van der Waals surface area contributed by atoms with Gasteiger partial charge >= 0.3 is 0 Å². The van der Waals surface area contributed by atoms with E-state index in [4.69, 9.17) is 0 Å². The Morgan fingerprint density at radius 1 is 1.04 bits per heavy atom. The van der Waals surface area contributed by atoms with Crippen LogP contribution >= 0.6 is 0 Å².